The van der Waals surface area contributed by atoms with Gasteiger partial charge in [0.15, 0.2) is 0 Å². The molecule has 1 saturated heterocycles. The fourth-order valence-corrected chi connectivity index (χ4v) is 5.14. The normalized spacial score (nSPS) is 25.1. The smallest absolute Gasteiger partial charge is 0.252 e. The lowest BCUT2D eigenvalue weighted by atomic mass is 9.90. The minimum absolute atomic E-state index is 0. The third-order valence-electron chi connectivity index (χ3n) is 3.16. The Balaban J connectivity index is 0.00000162. The van der Waals surface area contributed by atoms with E-state index in [0.717, 1.165) is 17.8 Å². The van der Waals surface area contributed by atoms with Gasteiger partial charge in [0.1, 0.15) is 4.21 Å². The molecule has 2 rings (SSSR count). The lowest BCUT2D eigenvalue weighted by molar-refractivity contribution is 0.350. The van der Waals surface area contributed by atoms with Crippen molar-refractivity contribution in [3.63, 3.8) is 0 Å². The largest absolute Gasteiger partial charge is 0.330 e. The van der Waals surface area contributed by atoms with Crippen LogP contribution in [0.1, 0.15) is 13.3 Å². The van der Waals surface area contributed by atoms with Gasteiger partial charge < -0.3 is 5.73 Å². The third-order valence-corrected chi connectivity index (χ3v) is 6.70. The molecule has 0 spiro atoms. The number of nitrogens with two attached hydrogens (primary N) is 1. The Morgan fingerprint density at radius 3 is 2.67 bits per heavy atom. The van der Waals surface area contributed by atoms with Gasteiger partial charge in [-0.2, -0.15) is 4.31 Å². The summed E-state index contributed by atoms with van der Waals surface area (Å²) < 4.78 is 26.9. The molecule has 104 valence electrons. The van der Waals surface area contributed by atoms with Gasteiger partial charge in [-0.15, -0.1) is 23.7 Å². The van der Waals surface area contributed by atoms with Crippen molar-refractivity contribution in [1.82, 2.24) is 4.31 Å². The quantitative estimate of drug-likeness (QED) is 0.923. The molecule has 1 aromatic heterocycles. The van der Waals surface area contributed by atoms with E-state index >= 15 is 0 Å². The van der Waals surface area contributed by atoms with Crippen molar-refractivity contribution in [3.05, 3.63) is 16.5 Å². The van der Waals surface area contributed by atoms with Crippen LogP contribution in [0.25, 0.3) is 0 Å². The molecule has 1 aliphatic heterocycles. The van der Waals surface area contributed by atoms with Crippen molar-refractivity contribution in [1.29, 1.82) is 0 Å². The molecule has 0 aliphatic carbocycles. The van der Waals surface area contributed by atoms with Gasteiger partial charge in [-0.1, -0.05) is 18.5 Å². The van der Waals surface area contributed by atoms with E-state index in [0.29, 0.717) is 28.2 Å². The van der Waals surface area contributed by atoms with Crippen LogP contribution in [-0.4, -0.2) is 32.4 Å². The van der Waals surface area contributed by atoms with Crippen molar-refractivity contribution in [2.75, 3.05) is 19.6 Å². The fraction of sp³-hybridized carbons (Fsp3) is 0.600. The SMILES string of the molecule is CC1(CN)CCN(S(=O)(=O)c2ccc(Cl)s2)C1.Cl. The molecule has 2 heterocycles. The van der Waals surface area contributed by atoms with Crippen LogP contribution >= 0.6 is 35.3 Å². The average molecular weight is 331 g/mol. The Kier molecular flexibility index (Phi) is 5.08. The minimum atomic E-state index is -3.39. The molecule has 2 N–H and O–H groups in total. The maximum atomic E-state index is 12.3. The highest BCUT2D eigenvalue weighted by molar-refractivity contribution is 7.91. The topological polar surface area (TPSA) is 63.4 Å². The van der Waals surface area contributed by atoms with Crippen LogP contribution < -0.4 is 5.73 Å². The fourth-order valence-electron chi connectivity index (χ4n) is 1.91. The first-order valence-corrected chi connectivity index (χ1v) is 7.96. The highest BCUT2D eigenvalue weighted by Crippen LogP contribution is 2.35. The zero-order chi connectivity index (χ0) is 12.7. The Morgan fingerprint density at radius 1 is 1.56 bits per heavy atom. The second-order valence-corrected chi connectivity index (χ2v) is 8.54. The summed E-state index contributed by atoms with van der Waals surface area (Å²) in [6.07, 6.45) is 0.807. The summed E-state index contributed by atoms with van der Waals surface area (Å²) >= 11 is 6.87. The molecule has 0 saturated carbocycles. The summed E-state index contributed by atoms with van der Waals surface area (Å²) in [7, 11) is -3.39. The number of halogens is 2. The van der Waals surface area contributed by atoms with Gasteiger partial charge in [0.25, 0.3) is 10.0 Å². The standard InChI is InChI=1S/C10H15ClN2O2S2.ClH/c1-10(6-12)4-5-13(7-10)17(14,15)9-3-2-8(11)16-9;/h2-3H,4-7,12H2,1H3;1H. The van der Waals surface area contributed by atoms with E-state index in [1.807, 2.05) is 6.92 Å². The predicted octanol–water partition coefficient (Wildman–Crippen LogP) is 2.18. The summed E-state index contributed by atoms with van der Waals surface area (Å²) in [5, 5.41) is 0. The molecule has 0 radical (unpaired) electrons. The number of sulfonamides is 1. The van der Waals surface area contributed by atoms with E-state index in [-0.39, 0.29) is 17.8 Å². The molecule has 1 unspecified atom stereocenters. The zero-order valence-electron chi connectivity index (χ0n) is 9.93. The van der Waals surface area contributed by atoms with Crippen LogP contribution in [0.2, 0.25) is 4.34 Å². The highest BCUT2D eigenvalue weighted by atomic mass is 35.5. The molecular formula is C10H16Cl2N2O2S2. The van der Waals surface area contributed by atoms with Crippen molar-refractivity contribution in [2.45, 2.75) is 17.6 Å². The molecule has 0 bridgehead atoms. The number of nitrogens with zero attached hydrogens (tertiary/aromatic N) is 1. The van der Waals surface area contributed by atoms with E-state index in [2.05, 4.69) is 0 Å². The van der Waals surface area contributed by atoms with E-state index in [4.69, 9.17) is 17.3 Å². The van der Waals surface area contributed by atoms with Gasteiger partial charge in [-0.25, -0.2) is 8.42 Å². The molecule has 1 aromatic rings. The second kappa shape index (κ2) is 5.64. The Labute approximate surface area is 123 Å². The summed E-state index contributed by atoms with van der Waals surface area (Å²) in [5.41, 5.74) is 5.57. The Bertz CT molecular complexity index is 518. The van der Waals surface area contributed by atoms with Crippen LogP contribution in [0.5, 0.6) is 0 Å². The molecule has 1 atom stereocenters. The number of hydrogen-bond donors (Lipinski definition) is 1. The van der Waals surface area contributed by atoms with Crippen molar-refractivity contribution in [2.24, 2.45) is 11.1 Å². The predicted molar refractivity (Wildman–Crippen MR) is 77.1 cm³/mol. The summed E-state index contributed by atoms with van der Waals surface area (Å²) in [6.45, 7) is 3.54. The van der Waals surface area contributed by atoms with Crippen LogP contribution in [0.3, 0.4) is 0 Å². The average Bonchev–Trinajstić information content (AvgIpc) is 2.86. The number of hydrogen-bond acceptors (Lipinski definition) is 4. The molecule has 0 amide bonds. The van der Waals surface area contributed by atoms with E-state index in [1.165, 1.54) is 4.31 Å². The lowest BCUT2D eigenvalue weighted by Crippen LogP contribution is -2.34. The summed E-state index contributed by atoms with van der Waals surface area (Å²) in [5.74, 6) is 0. The Hall–Kier alpha value is 0.150. The van der Waals surface area contributed by atoms with Gasteiger partial charge in [0, 0.05) is 13.1 Å². The van der Waals surface area contributed by atoms with Gasteiger partial charge in [-0.3, -0.25) is 0 Å². The monoisotopic (exact) mass is 330 g/mol. The third kappa shape index (κ3) is 3.00. The lowest BCUT2D eigenvalue weighted by Gasteiger charge is -2.21. The molecule has 8 heteroatoms. The first-order valence-electron chi connectivity index (χ1n) is 5.33. The summed E-state index contributed by atoms with van der Waals surface area (Å²) in [4.78, 5) is 0. The van der Waals surface area contributed by atoms with Gasteiger partial charge in [-0.05, 0) is 30.5 Å². The number of rotatable bonds is 3. The second-order valence-electron chi connectivity index (χ2n) is 4.66. The molecular weight excluding hydrogens is 315 g/mol. The van der Waals surface area contributed by atoms with Gasteiger partial charge in [0.2, 0.25) is 0 Å². The van der Waals surface area contributed by atoms with Gasteiger partial charge >= 0.3 is 0 Å². The molecule has 1 aliphatic rings. The van der Waals surface area contributed by atoms with Crippen LogP contribution in [0.15, 0.2) is 16.3 Å². The van der Waals surface area contributed by atoms with Crippen molar-refractivity contribution >= 4 is 45.4 Å². The van der Waals surface area contributed by atoms with E-state index in [9.17, 15) is 8.42 Å². The maximum Gasteiger partial charge on any atom is 0.252 e. The van der Waals surface area contributed by atoms with Crippen LogP contribution in [0.4, 0.5) is 0 Å². The van der Waals surface area contributed by atoms with E-state index < -0.39 is 10.0 Å². The van der Waals surface area contributed by atoms with Crippen molar-refractivity contribution in [3.8, 4) is 0 Å². The molecule has 1 fully saturated rings. The van der Waals surface area contributed by atoms with E-state index in [1.54, 1.807) is 12.1 Å². The van der Waals surface area contributed by atoms with Crippen molar-refractivity contribution < 1.29 is 8.42 Å². The maximum absolute atomic E-state index is 12.3. The molecule has 4 nitrogen and oxygen atoms in total. The first kappa shape index (κ1) is 16.2. The van der Waals surface area contributed by atoms with Crippen LogP contribution in [-0.2, 0) is 10.0 Å². The van der Waals surface area contributed by atoms with Gasteiger partial charge in [0.05, 0.1) is 4.34 Å². The zero-order valence-corrected chi connectivity index (χ0v) is 13.1. The number of thiophene rings is 1. The minimum Gasteiger partial charge on any atom is -0.330 e. The first-order chi connectivity index (χ1) is 7.87. The Morgan fingerprint density at radius 2 is 2.22 bits per heavy atom. The summed E-state index contributed by atoms with van der Waals surface area (Å²) in [6, 6.07) is 3.16. The van der Waals surface area contributed by atoms with Crippen LogP contribution in [0, 0.1) is 5.41 Å². The molecule has 18 heavy (non-hydrogen) atoms. The highest BCUT2D eigenvalue weighted by Gasteiger charge is 2.39. The molecule has 0 aromatic carbocycles.